The van der Waals surface area contributed by atoms with E-state index in [2.05, 4.69) is 11.8 Å². The molecule has 1 heterocycles. The number of nitrogens with one attached hydrogen (secondary N) is 1. The summed E-state index contributed by atoms with van der Waals surface area (Å²) in [6, 6.07) is 8.58. The fourth-order valence-corrected chi connectivity index (χ4v) is 5.87. The monoisotopic (exact) mass is 556 g/mol. The number of rotatable bonds is 9. The Bertz CT molecular complexity index is 1220. The number of amides is 1. The van der Waals surface area contributed by atoms with Crippen LogP contribution in [-0.2, 0) is 16.4 Å². The summed E-state index contributed by atoms with van der Waals surface area (Å²) in [6.07, 6.45) is 5.61. The summed E-state index contributed by atoms with van der Waals surface area (Å²) in [5, 5.41) is 1.27. The molecule has 1 saturated carbocycles. The van der Waals surface area contributed by atoms with Crippen molar-refractivity contribution in [2.45, 2.75) is 51.0 Å². The van der Waals surface area contributed by atoms with E-state index >= 15 is 0 Å². The molecule has 1 aliphatic heterocycles. The van der Waals surface area contributed by atoms with Gasteiger partial charge in [0.05, 0.1) is 18.4 Å². The number of ether oxygens (including phenoxy) is 1. The second-order valence-corrected chi connectivity index (χ2v) is 12.6. The van der Waals surface area contributed by atoms with Gasteiger partial charge in [0, 0.05) is 34.6 Å². The van der Waals surface area contributed by atoms with E-state index in [0.29, 0.717) is 28.4 Å². The number of benzene rings is 2. The lowest BCUT2D eigenvalue weighted by Crippen LogP contribution is -2.43. The summed E-state index contributed by atoms with van der Waals surface area (Å²) >= 11 is 12.3. The molecule has 6 nitrogen and oxygen atoms in total. The maximum absolute atomic E-state index is 14.8. The van der Waals surface area contributed by atoms with Gasteiger partial charge in [-0.05, 0) is 86.9 Å². The summed E-state index contributed by atoms with van der Waals surface area (Å²) in [7, 11) is -3.79. The number of hydrogen-bond acceptors (Lipinski definition) is 5. The number of nitrogens with zero attached hydrogens (tertiary/aromatic N) is 1. The van der Waals surface area contributed by atoms with Crippen LogP contribution < -0.4 is 9.46 Å². The first kappa shape index (κ1) is 27.2. The first-order valence-corrected chi connectivity index (χ1v) is 14.8. The van der Waals surface area contributed by atoms with E-state index < -0.39 is 21.7 Å². The van der Waals surface area contributed by atoms with Crippen molar-refractivity contribution in [2.24, 2.45) is 5.92 Å². The molecular formula is C26H31Cl2FN2O4S. The normalized spacial score (nSPS) is 19.6. The summed E-state index contributed by atoms with van der Waals surface area (Å²) in [5.41, 5.74) is 1.57. The molecule has 2 aromatic carbocycles. The topological polar surface area (TPSA) is 75.7 Å². The minimum absolute atomic E-state index is 0.192. The van der Waals surface area contributed by atoms with E-state index in [9.17, 15) is 17.6 Å². The lowest BCUT2D eigenvalue weighted by atomic mass is 9.96. The van der Waals surface area contributed by atoms with Crippen LogP contribution in [0.25, 0.3) is 0 Å². The molecule has 36 heavy (non-hydrogen) atoms. The molecule has 1 unspecified atom stereocenters. The number of carbonyl (C=O) groups is 1. The van der Waals surface area contributed by atoms with Crippen molar-refractivity contribution in [1.29, 1.82) is 0 Å². The molecule has 196 valence electrons. The van der Waals surface area contributed by atoms with Gasteiger partial charge in [0.1, 0.15) is 11.6 Å². The van der Waals surface area contributed by atoms with Crippen LogP contribution in [0, 0.1) is 11.7 Å². The highest BCUT2D eigenvalue weighted by atomic mass is 35.5. The first-order chi connectivity index (χ1) is 17.0. The summed E-state index contributed by atoms with van der Waals surface area (Å²) in [4.78, 5) is 14.7. The van der Waals surface area contributed by atoms with Gasteiger partial charge in [-0.3, -0.25) is 9.69 Å². The molecule has 0 radical (unpaired) electrons. The van der Waals surface area contributed by atoms with Crippen LogP contribution in [0.3, 0.4) is 0 Å². The van der Waals surface area contributed by atoms with E-state index in [0.717, 1.165) is 62.6 Å². The molecule has 2 aromatic rings. The molecule has 0 bridgehead atoms. The molecule has 10 heteroatoms. The SMILES string of the molecule is C[C@H](Cc1cc(Cl)cc(Cl)c1)N1CCCC(COc2cc(F)c(C(=O)NS(C)(=O)=O)cc2C2CC2)C1. The fraction of sp³-hybridized carbons (Fsp3) is 0.500. The largest absolute Gasteiger partial charge is 0.493 e. The molecular weight excluding hydrogens is 526 g/mol. The quantitative estimate of drug-likeness (QED) is 0.446. The van der Waals surface area contributed by atoms with Crippen LogP contribution in [0.4, 0.5) is 4.39 Å². The average molecular weight is 558 g/mol. The predicted molar refractivity (Wildman–Crippen MR) is 140 cm³/mol. The number of likely N-dealkylation sites (tertiary alicyclic amines) is 1. The zero-order valence-electron chi connectivity index (χ0n) is 20.4. The van der Waals surface area contributed by atoms with E-state index in [1.165, 1.54) is 12.1 Å². The highest BCUT2D eigenvalue weighted by molar-refractivity contribution is 7.89. The van der Waals surface area contributed by atoms with Gasteiger partial charge in [0.25, 0.3) is 5.91 Å². The molecule has 4 rings (SSSR count). The standard InChI is InChI=1S/C26H31Cl2FN2O4S/c1-16(8-18-9-20(27)11-21(28)10-18)31-7-3-4-17(14-31)15-35-25-13-24(29)23(12-22(25)19-5-6-19)26(32)30-36(2,33)34/h9-13,16-17,19H,3-8,14-15H2,1-2H3,(H,30,32)/t16-,17?/m1/s1. The highest BCUT2D eigenvalue weighted by Gasteiger charge is 2.31. The lowest BCUT2D eigenvalue weighted by molar-refractivity contribution is 0.0976. The van der Waals surface area contributed by atoms with Crippen molar-refractivity contribution >= 4 is 39.1 Å². The number of halogens is 3. The zero-order chi connectivity index (χ0) is 26.0. The van der Waals surface area contributed by atoms with Gasteiger partial charge in [0.15, 0.2) is 0 Å². The average Bonchev–Trinajstić information content (AvgIpc) is 3.61. The first-order valence-electron chi connectivity index (χ1n) is 12.2. The predicted octanol–water partition coefficient (Wildman–Crippen LogP) is 5.42. The van der Waals surface area contributed by atoms with Crippen LogP contribution >= 0.6 is 23.2 Å². The Morgan fingerprint density at radius 3 is 2.50 bits per heavy atom. The second kappa shape index (κ2) is 11.3. The number of piperidine rings is 1. The van der Waals surface area contributed by atoms with Crippen molar-refractivity contribution < 1.29 is 22.3 Å². The van der Waals surface area contributed by atoms with E-state index in [4.69, 9.17) is 27.9 Å². The summed E-state index contributed by atoms with van der Waals surface area (Å²) in [6.45, 7) is 4.50. The number of carbonyl (C=O) groups excluding carboxylic acids is 1. The number of sulfonamides is 1. The Hall–Kier alpha value is -1.87. The van der Waals surface area contributed by atoms with Gasteiger partial charge in [0.2, 0.25) is 10.0 Å². The molecule has 1 N–H and O–H groups in total. The maximum atomic E-state index is 14.8. The van der Waals surface area contributed by atoms with Crippen LogP contribution in [0.15, 0.2) is 30.3 Å². The molecule has 2 fully saturated rings. The van der Waals surface area contributed by atoms with Gasteiger partial charge in [-0.2, -0.15) is 0 Å². The van der Waals surface area contributed by atoms with Crippen molar-refractivity contribution in [3.63, 3.8) is 0 Å². The summed E-state index contributed by atoms with van der Waals surface area (Å²) < 4.78 is 45.6. The molecule has 1 amide bonds. The third kappa shape index (κ3) is 7.34. The molecule has 0 spiro atoms. The molecule has 2 atom stereocenters. The van der Waals surface area contributed by atoms with Crippen molar-refractivity contribution in [3.8, 4) is 5.75 Å². The Morgan fingerprint density at radius 1 is 1.17 bits per heavy atom. The third-order valence-electron chi connectivity index (χ3n) is 6.74. The van der Waals surface area contributed by atoms with Gasteiger partial charge < -0.3 is 4.74 Å². The van der Waals surface area contributed by atoms with E-state index in [-0.39, 0.29) is 17.4 Å². The smallest absolute Gasteiger partial charge is 0.267 e. The van der Waals surface area contributed by atoms with Crippen LogP contribution in [-0.4, -0.2) is 51.2 Å². The second-order valence-electron chi connectivity index (χ2n) is 9.99. The molecule has 2 aliphatic rings. The van der Waals surface area contributed by atoms with Gasteiger partial charge in [-0.15, -0.1) is 0 Å². The highest BCUT2D eigenvalue weighted by Crippen LogP contribution is 2.45. The minimum Gasteiger partial charge on any atom is -0.493 e. The van der Waals surface area contributed by atoms with Gasteiger partial charge >= 0.3 is 0 Å². The fourth-order valence-electron chi connectivity index (χ4n) is 4.85. The lowest BCUT2D eigenvalue weighted by Gasteiger charge is -2.37. The maximum Gasteiger partial charge on any atom is 0.267 e. The van der Waals surface area contributed by atoms with Crippen LogP contribution in [0.5, 0.6) is 5.75 Å². The van der Waals surface area contributed by atoms with E-state index in [1.807, 2.05) is 16.9 Å². The van der Waals surface area contributed by atoms with Crippen LogP contribution in [0.1, 0.15) is 60.0 Å². The Labute approximate surface area is 222 Å². The van der Waals surface area contributed by atoms with Crippen molar-refractivity contribution in [1.82, 2.24) is 9.62 Å². The minimum atomic E-state index is -3.79. The van der Waals surface area contributed by atoms with Crippen molar-refractivity contribution in [2.75, 3.05) is 26.0 Å². The summed E-state index contributed by atoms with van der Waals surface area (Å²) in [5.74, 6) is -0.856. The van der Waals surface area contributed by atoms with E-state index in [1.54, 1.807) is 6.07 Å². The zero-order valence-corrected chi connectivity index (χ0v) is 22.7. The Kier molecular flexibility index (Phi) is 8.49. The number of hydrogen-bond donors (Lipinski definition) is 1. The molecule has 1 aliphatic carbocycles. The van der Waals surface area contributed by atoms with Crippen molar-refractivity contribution in [3.05, 3.63) is 62.9 Å². The van der Waals surface area contributed by atoms with Gasteiger partial charge in [-0.25, -0.2) is 17.5 Å². The van der Waals surface area contributed by atoms with Crippen LogP contribution in [0.2, 0.25) is 10.0 Å². The Balaban J connectivity index is 1.40. The Morgan fingerprint density at radius 2 is 1.86 bits per heavy atom. The molecule has 1 saturated heterocycles. The third-order valence-corrected chi connectivity index (χ3v) is 7.73. The van der Waals surface area contributed by atoms with Gasteiger partial charge in [-0.1, -0.05) is 23.2 Å². The molecule has 0 aromatic heterocycles.